The van der Waals surface area contributed by atoms with Crippen LogP contribution in [0.4, 0.5) is 5.69 Å². The van der Waals surface area contributed by atoms with Crippen LogP contribution in [0.3, 0.4) is 0 Å². The second kappa shape index (κ2) is 8.86. The lowest BCUT2D eigenvalue weighted by Gasteiger charge is -2.24. The first-order chi connectivity index (χ1) is 17.1. The SMILES string of the molecule is COc1ccc2ccccc2c1Cn1cnc2sc3c(c2c1=O)CCC(Nc1cccc(C)c1)C3. The van der Waals surface area contributed by atoms with Crippen LogP contribution in [-0.4, -0.2) is 22.7 Å². The average Bonchev–Trinajstić information content (AvgIpc) is 3.24. The van der Waals surface area contributed by atoms with Crippen molar-refractivity contribution >= 4 is 38.0 Å². The summed E-state index contributed by atoms with van der Waals surface area (Å²) in [7, 11) is 1.67. The predicted octanol–water partition coefficient (Wildman–Crippen LogP) is 5.95. The summed E-state index contributed by atoms with van der Waals surface area (Å²) in [5, 5.41) is 6.70. The minimum atomic E-state index is 0.0348. The molecule has 1 unspecified atom stereocenters. The molecule has 0 bridgehead atoms. The van der Waals surface area contributed by atoms with E-state index in [4.69, 9.17) is 9.72 Å². The molecule has 0 aliphatic heterocycles. The highest BCUT2D eigenvalue weighted by atomic mass is 32.1. The molecule has 0 spiro atoms. The molecule has 0 fully saturated rings. The van der Waals surface area contributed by atoms with Gasteiger partial charge in [0.25, 0.3) is 5.56 Å². The maximum Gasteiger partial charge on any atom is 0.262 e. The molecule has 1 aliphatic carbocycles. The number of anilines is 1. The number of nitrogens with zero attached hydrogens (tertiary/aromatic N) is 2. The standard InChI is InChI=1S/C29H27N3O2S/c1-18-6-5-8-20(14-18)31-21-11-12-23-26(15-21)35-28-27(23)29(33)32(17-30-28)16-24-22-9-4-3-7-19(22)10-13-25(24)34-2/h3-10,13-14,17,21,31H,11-12,15-16H2,1-2H3. The van der Waals surface area contributed by atoms with Crippen LogP contribution in [0.25, 0.3) is 21.0 Å². The first-order valence-electron chi connectivity index (χ1n) is 12.0. The molecule has 1 aliphatic rings. The molecule has 176 valence electrons. The molecule has 1 atom stereocenters. The number of hydrogen-bond donors (Lipinski definition) is 1. The predicted molar refractivity (Wildman–Crippen MR) is 144 cm³/mol. The summed E-state index contributed by atoms with van der Waals surface area (Å²) >= 11 is 1.67. The van der Waals surface area contributed by atoms with Crippen LogP contribution in [0.1, 0.15) is 28.0 Å². The smallest absolute Gasteiger partial charge is 0.262 e. The third-order valence-electron chi connectivity index (χ3n) is 6.97. The lowest BCUT2D eigenvalue weighted by atomic mass is 9.93. The third kappa shape index (κ3) is 3.98. The van der Waals surface area contributed by atoms with E-state index in [0.717, 1.165) is 57.3 Å². The number of aromatic nitrogens is 2. The van der Waals surface area contributed by atoms with Crippen molar-refractivity contribution in [2.24, 2.45) is 0 Å². The Balaban J connectivity index is 1.34. The van der Waals surface area contributed by atoms with Crippen LogP contribution in [0.15, 0.2) is 71.8 Å². The van der Waals surface area contributed by atoms with Crippen molar-refractivity contribution in [2.75, 3.05) is 12.4 Å². The van der Waals surface area contributed by atoms with Gasteiger partial charge in [0.05, 0.1) is 25.4 Å². The van der Waals surface area contributed by atoms with Crippen molar-refractivity contribution in [3.05, 3.63) is 98.9 Å². The highest BCUT2D eigenvalue weighted by molar-refractivity contribution is 7.18. The zero-order valence-corrected chi connectivity index (χ0v) is 20.7. The summed E-state index contributed by atoms with van der Waals surface area (Å²) in [5.74, 6) is 0.785. The van der Waals surface area contributed by atoms with Crippen LogP contribution < -0.4 is 15.6 Å². The maximum atomic E-state index is 13.7. The molecule has 5 nitrogen and oxygen atoms in total. The largest absolute Gasteiger partial charge is 0.496 e. The van der Waals surface area contributed by atoms with Gasteiger partial charge in [-0.1, -0.05) is 42.5 Å². The molecule has 3 aromatic carbocycles. The number of hydrogen-bond acceptors (Lipinski definition) is 5. The van der Waals surface area contributed by atoms with Gasteiger partial charge < -0.3 is 10.1 Å². The molecule has 35 heavy (non-hydrogen) atoms. The fraction of sp³-hybridized carbons (Fsp3) is 0.241. The molecule has 0 saturated carbocycles. The van der Waals surface area contributed by atoms with Crippen molar-refractivity contribution in [1.82, 2.24) is 9.55 Å². The van der Waals surface area contributed by atoms with Gasteiger partial charge in [0, 0.05) is 28.6 Å². The molecular weight excluding hydrogens is 454 g/mol. The number of benzene rings is 3. The zero-order valence-electron chi connectivity index (χ0n) is 19.9. The zero-order chi connectivity index (χ0) is 23.9. The number of methoxy groups -OCH3 is 1. The molecule has 0 radical (unpaired) electrons. The number of thiophene rings is 1. The Morgan fingerprint density at radius 3 is 2.89 bits per heavy atom. The van der Waals surface area contributed by atoms with Gasteiger partial charge in [0.15, 0.2) is 0 Å². The summed E-state index contributed by atoms with van der Waals surface area (Å²) in [4.78, 5) is 20.5. The molecule has 6 heteroatoms. The molecule has 2 aromatic heterocycles. The van der Waals surface area contributed by atoms with E-state index in [9.17, 15) is 4.79 Å². The van der Waals surface area contributed by atoms with Crippen LogP contribution in [0.5, 0.6) is 5.75 Å². The minimum absolute atomic E-state index is 0.0348. The minimum Gasteiger partial charge on any atom is -0.496 e. The Morgan fingerprint density at radius 2 is 2.03 bits per heavy atom. The molecule has 0 saturated heterocycles. The van der Waals surface area contributed by atoms with Gasteiger partial charge in [0.1, 0.15) is 10.6 Å². The Labute approximate surface area is 208 Å². The van der Waals surface area contributed by atoms with Gasteiger partial charge >= 0.3 is 0 Å². The van der Waals surface area contributed by atoms with E-state index in [-0.39, 0.29) is 5.56 Å². The summed E-state index contributed by atoms with van der Waals surface area (Å²) in [6.07, 6.45) is 4.49. The fourth-order valence-electron chi connectivity index (χ4n) is 5.25. The Morgan fingerprint density at radius 1 is 1.14 bits per heavy atom. The van der Waals surface area contributed by atoms with E-state index in [1.165, 1.54) is 16.0 Å². The van der Waals surface area contributed by atoms with Crippen LogP contribution in [0.2, 0.25) is 0 Å². The highest BCUT2D eigenvalue weighted by Gasteiger charge is 2.25. The molecule has 2 heterocycles. The quantitative estimate of drug-likeness (QED) is 0.337. The maximum absolute atomic E-state index is 13.7. The van der Waals surface area contributed by atoms with Gasteiger partial charge in [-0.15, -0.1) is 11.3 Å². The summed E-state index contributed by atoms with van der Waals surface area (Å²) < 4.78 is 7.39. The van der Waals surface area contributed by atoms with E-state index in [1.807, 2.05) is 18.2 Å². The van der Waals surface area contributed by atoms with E-state index < -0.39 is 0 Å². The van der Waals surface area contributed by atoms with Gasteiger partial charge in [0.2, 0.25) is 0 Å². The molecule has 1 N–H and O–H groups in total. The van der Waals surface area contributed by atoms with E-state index in [1.54, 1.807) is 29.3 Å². The Hall–Kier alpha value is -3.64. The Bertz CT molecular complexity index is 1620. The number of aryl methyl sites for hydroxylation is 2. The molecule has 0 amide bonds. The van der Waals surface area contributed by atoms with Gasteiger partial charge in [-0.25, -0.2) is 4.98 Å². The van der Waals surface area contributed by atoms with Gasteiger partial charge in [-0.05, 0) is 59.9 Å². The second-order valence-corrected chi connectivity index (χ2v) is 10.4. The van der Waals surface area contributed by atoms with Gasteiger partial charge in [-0.3, -0.25) is 9.36 Å². The summed E-state index contributed by atoms with van der Waals surface area (Å²) in [6, 6.07) is 21.1. The summed E-state index contributed by atoms with van der Waals surface area (Å²) in [5.41, 5.74) is 4.63. The number of nitrogens with one attached hydrogen (secondary N) is 1. The van der Waals surface area contributed by atoms with Crippen LogP contribution in [-0.2, 0) is 19.4 Å². The van der Waals surface area contributed by atoms with Crippen molar-refractivity contribution in [3.63, 3.8) is 0 Å². The van der Waals surface area contributed by atoms with Crippen LogP contribution in [0, 0.1) is 6.92 Å². The fourth-order valence-corrected chi connectivity index (χ4v) is 6.51. The van der Waals surface area contributed by atoms with Crippen molar-refractivity contribution in [1.29, 1.82) is 0 Å². The van der Waals surface area contributed by atoms with E-state index >= 15 is 0 Å². The second-order valence-electron chi connectivity index (χ2n) is 9.28. The molecule has 6 rings (SSSR count). The van der Waals surface area contributed by atoms with Crippen molar-refractivity contribution in [2.45, 2.75) is 38.8 Å². The van der Waals surface area contributed by atoms with Crippen molar-refractivity contribution < 1.29 is 4.74 Å². The topological polar surface area (TPSA) is 56.2 Å². The van der Waals surface area contributed by atoms with E-state index in [0.29, 0.717) is 12.6 Å². The first-order valence-corrected chi connectivity index (χ1v) is 12.8. The number of fused-ring (bicyclic) bond motifs is 4. The van der Waals surface area contributed by atoms with Crippen LogP contribution >= 0.6 is 11.3 Å². The normalized spacial score (nSPS) is 15.3. The lowest BCUT2D eigenvalue weighted by Crippen LogP contribution is -2.27. The average molecular weight is 482 g/mol. The van der Waals surface area contributed by atoms with E-state index in [2.05, 4.69) is 54.7 Å². The highest BCUT2D eigenvalue weighted by Crippen LogP contribution is 2.35. The van der Waals surface area contributed by atoms with Gasteiger partial charge in [-0.2, -0.15) is 0 Å². The molecular formula is C29H27N3O2S. The lowest BCUT2D eigenvalue weighted by molar-refractivity contribution is 0.409. The molecule has 5 aromatic rings. The monoisotopic (exact) mass is 481 g/mol. The Kier molecular flexibility index (Phi) is 5.53. The number of ether oxygens (including phenoxy) is 1. The first kappa shape index (κ1) is 21.9. The number of rotatable bonds is 5. The summed E-state index contributed by atoms with van der Waals surface area (Å²) in [6.45, 7) is 2.54. The van der Waals surface area contributed by atoms with Crippen molar-refractivity contribution in [3.8, 4) is 5.75 Å². The third-order valence-corrected chi connectivity index (χ3v) is 8.13.